The summed E-state index contributed by atoms with van der Waals surface area (Å²) in [4.78, 5) is 19.8. The number of aryl methyl sites for hydroxylation is 1. The smallest absolute Gasteiger partial charge is 0.341 e. The summed E-state index contributed by atoms with van der Waals surface area (Å²) in [6, 6.07) is 0. The molecule has 0 bridgehead atoms. The molecule has 2 rings (SSSR count). The number of carbonyl (C=O) groups excluding carboxylic acids is 1. The summed E-state index contributed by atoms with van der Waals surface area (Å²) >= 11 is 0. The summed E-state index contributed by atoms with van der Waals surface area (Å²) in [5.41, 5.74) is 1.44. The van der Waals surface area contributed by atoms with Crippen molar-refractivity contribution in [1.29, 1.82) is 0 Å². The van der Waals surface area contributed by atoms with E-state index in [0.29, 0.717) is 29.4 Å². The monoisotopic (exact) mass is 233 g/mol. The molecule has 7 heteroatoms. The Balaban J connectivity index is 2.32. The third-order valence-electron chi connectivity index (χ3n) is 2.12. The predicted octanol–water partition coefficient (Wildman–Crippen LogP) is 0.747. The number of aromatic amines is 1. The molecule has 0 aliphatic carbocycles. The molecule has 0 saturated carbocycles. The molecule has 0 aromatic carbocycles. The topological polar surface area (TPSA) is 93.7 Å². The van der Waals surface area contributed by atoms with Crippen molar-refractivity contribution in [3.63, 3.8) is 0 Å². The van der Waals surface area contributed by atoms with Gasteiger partial charge in [-0.3, -0.25) is 0 Å². The lowest BCUT2D eigenvalue weighted by atomic mass is 10.2. The van der Waals surface area contributed by atoms with Crippen molar-refractivity contribution in [1.82, 2.24) is 25.4 Å². The Bertz CT molecular complexity index is 523. The number of aromatic nitrogens is 5. The Labute approximate surface area is 97.2 Å². The van der Waals surface area contributed by atoms with Crippen LogP contribution < -0.4 is 0 Å². The maximum Gasteiger partial charge on any atom is 0.341 e. The van der Waals surface area contributed by atoms with Crippen LogP contribution in [0.5, 0.6) is 0 Å². The SMILES string of the molecule is CCOC(=O)c1cnc(-c2cn[nH]n2)nc1C. The van der Waals surface area contributed by atoms with Crippen LogP contribution in [0.25, 0.3) is 11.5 Å². The minimum atomic E-state index is -0.420. The molecule has 0 amide bonds. The van der Waals surface area contributed by atoms with Crippen LogP contribution in [-0.2, 0) is 4.74 Å². The van der Waals surface area contributed by atoms with Gasteiger partial charge in [0.15, 0.2) is 5.82 Å². The normalized spacial score (nSPS) is 10.2. The van der Waals surface area contributed by atoms with Crippen molar-refractivity contribution in [2.45, 2.75) is 13.8 Å². The van der Waals surface area contributed by atoms with Gasteiger partial charge in [-0.15, -0.1) is 0 Å². The van der Waals surface area contributed by atoms with Crippen LogP contribution in [-0.4, -0.2) is 38.0 Å². The zero-order valence-electron chi connectivity index (χ0n) is 9.47. The Morgan fingerprint density at radius 2 is 2.29 bits per heavy atom. The maximum atomic E-state index is 11.5. The highest BCUT2D eigenvalue weighted by molar-refractivity contribution is 5.90. The van der Waals surface area contributed by atoms with Crippen molar-refractivity contribution >= 4 is 5.97 Å². The molecule has 2 heterocycles. The molecule has 2 aromatic heterocycles. The number of H-pyrrole nitrogens is 1. The molecule has 0 radical (unpaired) electrons. The third-order valence-corrected chi connectivity index (χ3v) is 2.12. The zero-order chi connectivity index (χ0) is 12.3. The molecular weight excluding hydrogens is 222 g/mol. The Morgan fingerprint density at radius 3 is 2.88 bits per heavy atom. The van der Waals surface area contributed by atoms with Gasteiger partial charge in [-0.2, -0.15) is 15.4 Å². The van der Waals surface area contributed by atoms with Crippen molar-refractivity contribution in [3.05, 3.63) is 23.7 Å². The first kappa shape index (κ1) is 11.2. The van der Waals surface area contributed by atoms with Crippen LogP contribution in [0.15, 0.2) is 12.4 Å². The Morgan fingerprint density at radius 1 is 1.47 bits per heavy atom. The summed E-state index contributed by atoms with van der Waals surface area (Å²) in [7, 11) is 0. The van der Waals surface area contributed by atoms with E-state index in [4.69, 9.17) is 4.74 Å². The molecule has 0 spiro atoms. The van der Waals surface area contributed by atoms with Gasteiger partial charge in [0, 0.05) is 6.20 Å². The van der Waals surface area contributed by atoms with E-state index in [-0.39, 0.29) is 0 Å². The standard InChI is InChI=1S/C10H11N5O2/c1-3-17-10(16)7-4-11-9(13-6(7)2)8-5-12-15-14-8/h4-5H,3H2,1-2H3,(H,12,14,15). The van der Waals surface area contributed by atoms with E-state index in [1.165, 1.54) is 12.4 Å². The van der Waals surface area contributed by atoms with Crippen LogP contribution in [0.4, 0.5) is 0 Å². The van der Waals surface area contributed by atoms with Gasteiger partial charge >= 0.3 is 5.97 Å². The van der Waals surface area contributed by atoms with Gasteiger partial charge in [-0.05, 0) is 13.8 Å². The third kappa shape index (κ3) is 2.27. The van der Waals surface area contributed by atoms with E-state index in [1.807, 2.05) is 0 Å². The number of hydrogen-bond acceptors (Lipinski definition) is 6. The highest BCUT2D eigenvalue weighted by atomic mass is 16.5. The van der Waals surface area contributed by atoms with E-state index in [2.05, 4.69) is 25.4 Å². The molecule has 0 aliphatic heterocycles. The number of hydrogen-bond donors (Lipinski definition) is 1. The number of ether oxygens (including phenoxy) is 1. The molecule has 0 aliphatic rings. The van der Waals surface area contributed by atoms with Crippen molar-refractivity contribution in [2.24, 2.45) is 0 Å². The van der Waals surface area contributed by atoms with Crippen molar-refractivity contribution < 1.29 is 9.53 Å². The second-order valence-corrected chi connectivity index (χ2v) is 3.27. The number of nitrogens with zero attached hydrogens (tertiary/aromatic N) is 4. The average molecular weight is 233 g/mol. The van der Waals surface area contributed by atoms with Gasteiger partial charge in [0.05, 0.1) is 24.1 Å². The fourth-order valence-electron chi connectivity index (χ4n) is 1.31. The van der Waals surface area contributed by atoms with Crippen molar-refractivity contribution in [3.8, 4) is 11.5 Å². The highest BCUT2D eigenvalue weighted by Gasteiger charge is 2.14. The van der Waals surface area contributed by atoms with E-state index in [9.17, 15) is 4.79 Å². The second kappa shape index (κ2) is 4.69. The van der Waals surface area contributed by atoms with E-state index in [1.54, 1.807) is 13.8 Å². The summed E-state index contributed by atoms with van der Waals surface area (Å²) < 4.78 is 4.89. The number of carbonyl (C=O) groups is 1. The molecule has 0 unspecified atom stereocenters. The Hall–Kier alpha value is -2.31. The minimum Gasteiger partial charge on any atom is -0.462 e. The minimum absolute atomic E-state index is 0.323. The molecule has 2 aromatic rings. The summed E-state index contributed by atoms with van der Waals surface area (Å²) in [5.74, 6) is 0.000927. The largest absolute Gasteiger partial charge is 0.462 e. The van der Waals surface area contributed by atoms with Gasteiger partial charge in [0.25, 0.3) is 0 Å². The van der Waals surface area contributed by atoms with E-state index < -0.39 is 5.97 Å². The van der Waals surface area contributed by atoms with Crippen LogP contribution in [0.2, 0.25) is 0 Å². The number of esters is 1. The zero-order valence-corrected chi connectivity index (χ0v) is 9.47. The summed E-state index contributed by atoms with van der Waals surface area (Å²) in [6.07, 6.45) is 2.95. The fourth-order valence-corrected chi connectivity index (χ4v) is 1.31. The first-order valence-electron chi connectivity index (χ1n) is 5.09. The van der Waals surface area contributed by atoms with Gasteiger partial charge in [-0.1, -0.05) is 0 Å². The maximum absolute atomic E-state index is 11.5. The molecule has 0 atom stereocenters. The molecule has 7 nitrogen and oxygen atoms in total. The van der Waals surface area contributed by atoms with E-state index in [0.717, 1.165) is 0 Å². The predicted molar refractivity (Wildman–Crippen MR) is 58.1 cm³/mol. The fraction of sp³-hybridized carbons (Fsp3) is 0.300. The van der Waals surface area contributed by atoms with Crippen LogP contribution in [0.1, 0.15) is 23.0 Å². The first-order chi connectivity index (χ1) is 8.22. The quantitative estimate of drug-likeness (QED) is 0.786. The van der Waals surface area contributed by atoms with Crippen molar-refractivity contribution in [2.75, 3.05) is 6.61 Å². The molecule has 1 N–H and O–H groups in total. The first-order valence-corrected chi connectivity index (χ1v) is 5.09. The van der Waals surface area contributed by atoms with E-state index >= 15 is 0 Å². The Kier molecular flexibility index (Phi) is 3.08. The van der Waals surface area contributed by atoms with Crippen LogP contribution >= 0.6 is 0 Å². The molecule has 88 valence electrons. The van der Waals surface area contributed by atoms with Crippen LogP contribution in [0, 0.1) is 6.92 Å². The molecule has 0 fully saturated rings. The molecular formula is C10H11N5O2. The summed E-state index contributed by atoms with van der Waals surface area (Å²) in [5, 5.41) is 10.0. The lowest BCUT2D eigenvalue weighted by molar-refractivity contribution is 0.0524. The summed E-state index contributed by atoms with van der Waals surface area (Å²) in [6.45, 7) is 3.79. The molecule has 17 heavy (non-hydrogen) atoms. The highest BCUT2D eigenvalue weighted by Crippen LogP contribution is 2.12. The van der Waals surface area contributed by atoms with Gasteiger partial charge in [0.2, 0.25) is 0 Å². The molecule has 0 saturated heterocycles. The van der Waals surface area contributed by atoms with Crippen LogP contribution in [0.3, 0.4) is 0 Å². The lowest BCUT2D eigenvalue weighted by Gasteiger charge is -2.04. The second-order valence-electron chi connectivity index (χ2n) is 3.27. The lowest BCUT2D eigenvalue weighted by Crippen LogP contribution is -2.09. The average Bonchev–Trinajstić information content (AvgIpc) is 2.82. The van der Waals surface area contributed by atoms with Gasteiger partial charge in [-0.25, -0.2) is 14.8 Å². The van der Waals surface area contributed by atoms with Gasteiger partial charge in [0.1, 0.15) is 5.69 Å². The van der Waals surface area contributed by atoms with Gasteiger partial charge < -0.3 is 4.74 Å². The number of nitrogens with one attached hydrogen (secondary N) is 1. The number of rotatable bonds is 3.